The number of methoxy groups -OCH3 is 1. The van der Waals surface area contributed by atoms with E-state index in [1.165, 1.54) is 58.3 Å². The van der Waals surface area contributed by atoms with Crippen LogP contribution in [0.5, 0.6) is 5.75 Å². The largest absolute Gasteiger partial charge is 0.497 e. The van der Waals surface area contributed by atoms with E-state index >= 15 is 0 Å². The first-order chi connectivity index (χ1) is 17.5. The average molecular weight is 480 g/mol. The van der Waals surface area contributed by atoms with E-state index in [1.807, 2.05) is 12.3 Å². The van der Waals surface area contributed by atoms with Crippen molar-refractivity contribution in [3.63, 3.8) is 0 Å². The molecule has 5 heteroatoms. The molecule has 1 fully saturated rings. The monoisotopic (exact) mass is 479 g/mol. The number of rotatable bonds is 6. The molecule has 0 N–H and O–H groups in total. The first kappa shape index (κ1) is 22.8. The molecule has 0 amide bonds. The molecule has 3 heterocycles. The number of benzene rings is 2. The Kier molecular flexibility index (Phi) is 5.59. The molecule has 4 aromatic rings. The molecule has 0 radical (unpaired) electrons. The number of hydrogen-bond donors (Lipinski definition) is 0. The van der Waals surface area contributed by atoms with Gasteiger partial charge in [0.25, 0.3) is 0 Å². The van der Waals surface area contributed by atoms with Crippen molar-refractivity contribution in [2.24, 2.45) is 0 Å². The molecule has 36 heavy (non-hydrogen) atoms. The van der Waals surface area contributed by atoms with E-state index in [1.54, 1.807) is 7.11 Å². The summed E-state index contributed by atoms with van der Waals surface area (Å²) in [6, 6.07) is 13.0. The first-order valence-electron chi connectivity index (χ1n) is 13.1. The summed E-state index contributed by atoms with van der Waals surface area (Å²) in [5.74, 6) is 1.23. The third-order valence-corrected chi connectivity index (χ3v) is 8.24. The standard InChI is InChI=1S/C31H33N3O2/c1-5-19(2)29-27-11-9-21(18-35)13-28(27)33-17-23(30-20(3)16-32-34(30)24-7-6-8-24)14-22-15-25(36-4)10-12-26(22)31(29)33/h9-16,18-19,24H,5-8,17H2,1-4H3. The maximum Gasteiger partial charge on any atom is 0.150 e. The summed E-state index contributed by atoms with van der Waals surface area (Å²) in [5.41, 5.74) is 10.5. The van der Waals surface area contributed by atoms with Crippen LogP contribution in [0, 0.1) is 6.92 Å². The van der Waals surface area contributed by atoms with Crippen LogP contribution in [-0.4, -0.2) is 27.7 Å². The topological polar surface area (TPSA) is 49.0 Å². The van der Waals surface area contributed by atoms with Crippen LogP contribution in [0.3, 0.4) is 0 Å². The van der Waals surface area contributed by atoms with Gasteiger partial charge in [-0.15, -0.1) is 0 Å². The van der Waals surface area contributed by atoms with Crippen molar-refractivity contribution in [1.29, 1.82) is 0 Å². The molecule has 0 spiro atoms. The highest BCUT2D eigenvalue weighted by molar-refractivity contribution is 6.00. The van der Waals surface area contributed by atoms with Gasteiger partial charge in [-0.1, -0.05) is 26.0 Å². The summed E-state index contributed by atoms with van der Waals surface area (Å²) in [7, 11) is 1.72. The van der Waals surface area contributed by atoms with Crippen LogP contribution in [0.15, 0.2) is 42.6 Å². The van der Waals surface area contributed by atoms with E-state index in [-0.39, 0.29) is 0 Å². The van der Waals surface area contributed by atoms with Crippen molar-refractivity contribution in [2.45, 2.75) is 65.0 Å². The minimum Gasteiger partial charge on any atom is -0.497 e. The molecule has 1 aliphatic heterocycles. The highest BCUT2D eigenvalue weighted by Crippen LogP contribution is 2.46. The zero-order chi connectivity index (χ0) is 25.0. The average Bonchev–Trinajstić information content (AvgIpc) is 3.33. The summed E-state index contributed by atoms with van der Waals surface area (Å²) in [6.45, 7) is 7.44. The second kappa shape index (κ2) is 8.81. The molecule has 1 aliphatic carbocycles. The molecule has 184 valence electrons. The van der Waals surface area contributed by atoms with Gasteiger partial charge in [-0.3, -0.25) is 9.48 Å². The van der Waals surface area contributed by atoms with E-state index in [4.69, 9.17) is 9.84 Å². The maximum absolute atomic E-state index is 11.8. The number of nitrogens with zero attached hydrogens (tertiary/aromatic N) is 3. The molecule has 2 aromatic carbocycles. The summed E-state index contributed by atoms with van der Waals surface area (Å²) >= 11 is 0. The van der Waals surface area contributed by atoms with Gasteiger partial charge in [0.1, 0.15) is 12.0 Å². The number of hydrogen-bond acceptors (Lipinski definition) is 3. The fourth-order valence-corrected chi connectivity index (χ4v) is 5.93. The van der Waals surface area contributed by atoms with Crippen molar-refractivity contribution >= 4 is 28.8 Å². The van der Waals surface area contributed by atoms with Gasteiger partial charge in [0.15, 0.2) is 0 Å². The lowest BCUT2D eigenvalue weighted by Crippen LogP contribution is -2.21. The van der Waals surface area contributed by atoms with Gasteiger partial charge in [-0.25, -0.2) is 0 Å². The zero-order valence-corrected chi connectivity index (χ0v) is 21.5. The van der Waals surface area contributed by atoms with Crippen LogP contribution in [0.25, 0.3) is 33.8 Å². The Morgan fingerprint density at radius 3 is 2.69 bits per heavy atom. The minimum atomic E-state index is 0.379. The molecule has 2 aromatic heterocycles. The fraction of sp³-hybridized carbons (Fsp3) is 0.355. The van der Waals surface area contributed by atoms with Crippen molar-refractivity contribution in [3.05, 3.63) is 70.5 Å². The van der Waals surface area contributed by atoms with Crippen LogP contribution in [0.4, 0.5) is 0 Å². The predicted molar refractivity (Wildman–Crippen MR) is 146 cm³/mol. The molecule has 2 aliphatic rings. The van der Waals surface area contributed by atoms with E-state index in [0.29, 0.717) is 17.5 Å². The third-order valence-electron chi connectivity index (χ3n) is 8.24. The van der Waals surface area contributed by atoms with Crippen molar-refractivity contribution in [1.82, 2.24) is 14.3 Å². The lowest BCUT2D eigenvalue weighted by atomic mass is 9.90. The van der Waals surface area contributed by atoms with Gasteiger partial charge >= 0.3 is 0 Å². The van der Waals surface area contributed by atoms with Crippen LogP contribution in [0.2, 0.25) is 0 Å². The van der Waals surface area contributed by atoms with Crippen LogP contribution >= 0.6 is 0 Å². The first-order valence-corrected chi connectivity index (χ1v) is 13.1. The number of carbonyl (C=O) groups is 1. The van der Waals surface area contributed by atoms with Gasteiger partial charge in [0, 0.05) is 22.0 Å². The lowest BCUT2D eigenvalue weighted by Gasteiger charge is -2.28. The number of allylic oxidation sites excluding steroid dienone is 1. The number of carbonyl (C=O) groups excluding carboxylic acids is 1. The molecular formula is C31H33N3O2. The fourth-order valence-electron chi connectivity index (χ4n) is 5.93. The van der Waals surface area contributed by atoms with E-state index in [0.717, 1.165) is 36.1 Å². The molecule has 0 bridgehead atoms. The van der Waals surface area contributed by atoms with Crippen molar-refractivity contribution in [2.75, 3.05) is 7.11 Å². The maximum atomic E-state index is 11.8. The van der Waals surface area contributed by atoms with Gasteiger partial charge < -0.3 is 9.30 Å². The van der Waals surface area contributed by atoms with Crippen LogP contribution in [-0.2, 0) is 6.54 Å². The lowest BCUT2D eigenvalue weighted by molar-refractivity contribution is 0.112. The number of ether oxygens (including phenoxy) is 1. The number of aldehydes is 1. The second-order valence-corrected chi connectivity index (χ2v) is 10.4. The molecule has 1 saturated carbocycles. The highest BCUT2D eigenvalue weighted by Gasteiger charge is 2.30. The second-order valence-electron chi connectivity index (χ2n) is 10.4. The van der Waals surface area contributed by atoms with Gasteiger partial charge in [0.2, 0.25) is 0 Å². The number of fused-ring (bicyclic) bond motifs is 5. The van der Waals surface area contributed by atoms with Crippen molar-refractivity contribution < 1.29 is 9.53 Å². The summed E-state index contributed by atoms with van der Waals surface area (Å²) in [5, 5.41) is 6.05. The van der Waals surface area contributed by atoms with E-state index in [9.17, 15) is 4.79 Å². The van der Waals surface area contributed by atoms with Crippen LogP contribution in [0.1, 0.15) is 84.2 Å². The normalized spacial score (nSPS) is 16.1. The van der Waals surface area contributed by atoms with Gasteiger partial charge in [-0.05, 0) is 91.1 Å². The zero-order valence-electron chi connectivity index (χ0n) is 21.5. The van der Waals surface area contributed by atoms with E-state index in [2.05, 4.69) is 66.4 Å². The molecule has 1 unspecified atom stereocenters. The molecular weight excluding hydrogens is 446 g/mol. The Morgan fingerprint density at radius 2 is 2.00 bits per heavy atom. The summed E-state index contributed by atoms with van der Waals surface area (Å²) < 4.78 is 10.3. The Bertz CT molecular complexity index is 1520. The Labute approximate surface area is 212 Å². The smallest absolute Gasteiger partial charge is 0.150 e. The van der Waals surface area contributed by atoms with Gasteiger partial charge in [-0.2, -0.15) is 5.10 Å². The minimum absolute atomic E-state index is 0.379. The Hall–Kier alpha value is -3.60. The molecule has 6 rings (SSSR count). The van der Waals surface area contributed by atoms with Gasteiger partial charge in [0.05, 0.1) is 37.3 Å². The SMILES string of the molecule is CCC(C)c1c2n(c3cc(C=O)ccc13)CC(c1c(C)cnn1C1CCC1)=Cc1cc(OC)ccc1-2. The molecule has 1 atom stereocenters. The third kappa shape index (κ3) is 3.44. The van der Waals surface area contributed by atoms with Crippen molar-refractivity contribution in [3.8, 4) is 17.0 Å². The number of aromatic nitrogens is 3. The molecule has 0 saturated heterocycles. The number of aryl methyl sites for hydroxylation is 1. The summed E-state index contributed by atoms with van der Waals surface area (Å²) in [6.07, 6.45) is 9.97. The highest BCUT2D eigenvalue weighted by atomic mass is 16.5. The molecule has 5 nitrogen and oxygen atoms in total. The van der Waals surface area contributed by atoms with E-state index < -0.39 is 0 Å². The Morgan fingerprint density at radius 1 is 1.17 bits per heavy atom. The van der Waals surface area contributed by atoms with Crippen LogP contribution < -0.4 is 4.74 Å². The Balaban J connectivity index is 1.68. The quantitative estimate of drug-likeness (QED) is 0.270. The summed E-state index contributed by atoms with van der Waals surface area (Å²) in [4.78, 5) is 11.8. The predicted octanol–water partition coefficient (Wildman–Crippen LogP) is 7.43.